The maximum absolute atomic E-state index is 13.1. The molecule has 1 aromatic heterocycles. The number of aryl methyl sites for hydroxylation is 1. The molecule has 4 nitrogen and oxygen atoms in total. The molecule has 1 unspecified atom stereocenters. The second-order valence-corrected chi connectivity index (χ2v) is 7.14. The van der Waals surface area contributed by atoms with E-state index in [0.717, 1.165) is 45.2 Å². The van der Waals surface area contributed by atoms with Gasteiger partial charge in [0, 0.05) is 37.4 Å². The van der Waals surface area contributed by atoms with Crippen LogP contribution in [0.15, 0.2) is 43.0 Å². The number of imidazole rings is 1. The first-order valence-electron chi connectivity index (χ1n) is 9.14. The molecule has 2 aromatic rings. The molecule has 2 aliphatic rings. The summed E-state index contributed by atoms with van der Waals surface area (Å²) in [4.78, 5) is 19.4. The Hall–Kier alpha value is -2.10. The molecule has 0 N–H and O–H groups in total. The van der Waals surface area contributed by atoms with Crippen LogP contribution in [-0.4, -0.2) is 32.9 Å². The predicted molar refractivity (Wildman–Crippen MR) is 93.5 cm³/mol. The molecule has 2 heterocycles. The third kappa shape index (κ3) is 3.10. The largest absolute Gasteiger partial charge is 0.339 e. The lowest BCUT2D eigenvalue weighted by atomic mass is 9.95. The number of likely N-dealkylation sites (tertiary alicyclic amines) is 1. The molecule has 126 valence electrons. The SMILES string of the molecule is O=C(C1Cc2ccccc2C1)N1CCCCC1CCn1ccnc1. The zero-order valence-electron chi connectivity index (χ0n) is 14.1. The van der Waals surface area contributed by atoms with Crippen molar-refractivity contribution in [2.45, 2.75) is 51.1 Å². The summed E-state index contributed by atoms with van der Waals surface area (Å²) in [7, 11) is 0. The van der Waals surface area contributed by atoms with E-state index in [2.05, 4.69) is 38.7 Å². The first-order valence-corrected chi connectivity index (χ1v) is 9.14. The zero-order chi connectivity index (χ0) is 16.4. The summed E-state index contributed by atoms with van der Waals surface area (Å²) in [5.74, 6) is 0.526. The number of aromatic nitrogens is 2. The fraction of sp³-hybridized carbons (Fsp3) is 0.500. The summed E-state index contributed by atoms with van der Waals surface area (Å²) in [6.45, 7) is 1.87. The Kier molecular flexibility index (Phi) is 4.37. The number of benzene rings is 1. The maximum Gasteiger partial charge on any atom is 0.226 e. The van der Waals surface area contributed by atoms with E-state index in [9.17, 15) is 4.79 Å². The van der Waals surface area contributed by atoms with Gasteiger partial charge in [-0.05, 0) is 49.7 Å². The summed E-state index contributed by atoms with van der Waals surface area (Å²) in [5, 5.41) is 0. The van der Waals surface area contributed by atoms with E-state index in [-0.39, 0.29) is 5.92 Å². The van der Waals surface area contributed by atoms with E-state index in [0.29, 0.717) is 11.9 Å². The van der Waals surface area contributed by atoms with Gasteiger partial charge in [0.2, 0.25) is 5.91 Å². The van der Waals surface area contributed by atoms with Crippen LogP contribution in [0.1, 0.15) is 36.8 Å². The third-order valence-corrected chi connectivity index (χ3v) is 5.59. The molecule has 4 rings (SSSR count). The fourth-order valence-electron chi connectivity index (χ4n) is 4.28. The van der Waals surface area contributed by atoms with Gasteiger partial charge in [-0.1, -0.05) is 24.3 Å². The average Bonchev–Trinajstić information content (AvgIpc) is 3.29. The van der Waals surface area contributed by atoms with Crippen molar-refractivity contribution in [1.29, 1.82) is 0 Å². The molecule has 1 atom stereocenters. The van der Waals surface area contributed by atoms with Crippen LogP contribution in [0.25, 0.3) is 0 Å². The van der Waals surface area contributed by atoms with Crippen LogP contribution in [0, 0.1) is 5.92 Å². The van der Waals surface area contributed by atoms with E-state index in [1.807, 2.05) is 18.7 Å². The minimum Gasteiger partial charge on any atom is -0.339 e. The molecule has 1 saturated heterocycles. The van der Waals surface area contributed by atoms with Crippen LogP contribution < -0.4 is 0 Å². The number of fused-ring (bicyclic) bond motifs is 1. The topological polar surface area (TPSA) is 38.1 Å². The van der Waals surface area contributed by atoms with Crippen LogP contribution in [0.3, 0.4) is 0 Å². The number of rotatable bonds is 4. The van der Waals surface area contributed by atoms with Gasteiger partial charge in [0.1, 0.15) is 0 Å². The van der Waals surface area contributed by atoms with Gasteiger partial charge in [-0.3, -0.25) is 4.79 Å². The second kappa shape index (κ2) is 6.80. The molecule has 24 heavy (non-hydrogen) atoms. The minimum atomic E-state index is 0.149. The summed E-state index contributed by atoms with van der Waals surface area (Å²) >= 11 is 0. The van der Waals surface area contributed by atoms with Crippen molar-refractivity contribution in [1.82, 2.24) is 14.5 Å². The van der Waals surface area contributed by atoms with Crippen molar-refractivity contribution in [2.75, 3.05) is 6.54 Å². The average molecular weight is 323 g/mol. The normalized spacial score (nSPS) is 21.0. The van der Waals surface area contributed by atoms with Gasteiger partial charge in [0.05, 0.1) is 6.33 Å². The number of piperidine rings is 1. The molecule has 1 fully saturated rings. The Morgan fingerprint density at radius 1 is 1.17 bits per heavy atom. The van der Waals surface area contributed by atoms with Crippen molar-refractivity contribution in [3.8, 4) is 0 Å². The Labute approximate surface area is 143 Å². The third-order valence-electron chi connectivity index (χ3n) is 5.59. The molecule has 4 heteroatoms. The van der Waals surface area contributed by atoms with Crippen LogP contribution in [0.5, 0.6) is 0 Å². The Balaban J connectivity index is 1.42. The van der Waals surface area contributed by atoms with Crippen molar-refractivity contribution < 1.29 is 4.79 Å². The highest BCUT2D eigenvalue weighted by Gasteiger charge is 2.34. The lowest BCUT2D eigenvalue weighted by Gasteiger charge is -2.37. The van der Waals surface area contributed by atoms with Crippen molar-refractivity contribution in [3.05, 3.63) is 54.1 Å². The van der Waals surface area contributed by atoms with Gasteiger partial charge in [-0.15, -0.1) is 0 Å². The number of carbonyl (C=O) groups excluding carboxylic acids is 1. The molecule has 1 aromatic carbocycles. The molecule has 0 spiro atoms. The zero-order valence-corrected chi connectivity index (χ0v) is 14.1. The minimum absolute atomic E-state index is 0.149. The van der Waals surface area contributed by atoms with Crippen molar-refractivity contribution >= 4 is 5.91 Å². The molecule has 0 bridgehead atoms. The van der Waals surface area contributed by atoms with Gasteiger partial charge >= 0.3 is 0 Å². The van der Waals surface area contributed by atoms with E-state index in [1.54, 1.807) is 0 Å². The molecule has 0 saturated carbocycles. The standard InChI is InChI=1S/C20H25N3O/c24-20(18-13-16-5-1-2-6-17(16)14-18)23-10-4-3-7-19(23)8-11-22-12-9-21-15-22/h1-2,5-6,9,12,15,18-19H,3-4,7-8,10-11,13-14H2. The van der Waals surface area contributed by atoms with Gasteiger partial charge in [0.15, 0.2) is 0 Å². The summed E-state index contributed by atoms with van der Waals surface area (Å²) in [6.07, 6.45) is 12.1. The molecule has 0 radical (unpaired) electrons. The number of hydrogen-bond donors (Lipinski definition) is 0. The highest BCUT2D eigenvalue weighted by Crippen LogP contribution is 2.30. The summed E-state index contributed by atoms with van der Waals surface area (Å²) in [5.41, 5.74) is 2.73. The molecule has 1 aliphatic carbocycles. The van der Waals surface area contributed by atoms with Gasteiger partial charge in [-0.2, -0.15) is 0 Å². The van der Waals surface area contributed by atoms with E-state index < -0.39 is 0 Å². The molecule has 1 aliphatic heterocycles. The molecule has 1 amide bonds. The quantitative estimate of drug-likeness (QED) is 0.867. The van der Waals surface area contributed by atoms with Crippen LogP contribution >= 0.6 is 0 Å². The molecular formula is C20H25N3O. The Bertz CT molecular complexity index is 670. The van der Waals surface area contributed by atoms with Crippen LogP contribution in [0.4, 0.5) is 0 Å². The highest BCUT2D eigenvalue weighted by atomic mass is 16.2. The van der Waals surface area contributed by atoms with Crippen molar-refractivity contribution in [2.24, 2.45) is 5.92 Å². The fourth-order valence-corrected chi connectivity index (χ4v) is 4.28. The highest BCUT2D eigenvalue weighted by molar-refractivity contribution is 5.81. The number of carbonyl (C=O) groups is 1. The molecular weight excluding hydrogens is 298 g/mol. The van der Waals surface area contributed by atoms with E-state index in [4.69, 9.17) is 0 Å². The number of hydrogen-bond acceptors (Lipinski definition) is 2. The maximum atomic E-state index is 13.1. The van der Waals surface area contributed by atoms with Crippen LogP contribution in [-0.2, 0) is 24.2 Å². The van der Waals surface area contributed by atoms with Gasteiger partial charge in [0.25, 0.3) is 0 Å². The van der Waals surface area contributed by atoms with Crippen molar-refractivity contribution in [3.63, 3.8) is 0 Å². The van der Waals surface area contributed by atoms with E-state index >= 15 is 0 Å². The Morgan fingerprint density at radius 2 is 1.96 bits per heavy atom. The second-order valence-electron chi connectivity index (χ2n) is 7.14. The lowest BCUT2D eigenvalue weighted by molar-refractivity contribution is -0.139. The Morgan fingerprint density at radius 3 is 2.67 bits per heavy atom. The first-order chi connectivity index (χ1) is 11.8. The number of amides is 1. The summed E-state index contributed by atoms with van der Waals surface area (Å²) in [6, 6.07) is 8.91. The number of nitrogens with zero attached hydrogens (tertiary/aromatic N) is 3. The van der Waals surface area contributed by atoms with Gasteiger partial charge in [-0.25, -0.2) is 4.98 Å². The van der Waals surface area contributed by atoms with Crippen LogP contribution in [0.2, 0.25) is 0 Å². The predicted octanol–water partition coefficient (Wildman–Crippen LogP) is 3.07. The monoisotopic (exact) mass is 323 g/mol. The lowest BCUT2D eigenvalue weighted by Crippen LogP contribution is -2.47. The first kappa shape index (κ1) is 15.4. The smallest absolute Gasteiger partial charge is 0.226 e. The summed E-state index contributed by atoms with van der Waals surface area (Å²) < 4.78 is 2.11. The van der Waals surface area contributed by atoms with Gasteiger partial charge < -0.3 is 9.47 Å². The van der Waals surface area contributed by atoms with E-state index in [1.165, 1.54) is 17.5 Å².